The maximum Gasteiger partial charge on any atom is 0.377 e. The Bertz CT molecular complexity index is 585. The summed E-state index contributed by atoms with van der Waals surface area (Å²) < 4.78 is 9.53. The maximum absolute atomic E-state index is 11.7. The number of rotatable bonds is 7. The van der Waals surface area contributed by atoms with E-state index in [1.165, 1.54) is 12.8 Å². The molecule has 0 aromatic rings. The molecule has 1 heterocycles. The molecule has 0 radical (unpaired) electrons. The van der Waals surface area contributed by atoms with Crippen LogP contribution in [0, 0.1) is 11.8 Å². The topological polar surface area (TPSA) is 113 Å². The highest BCUT2D eigenvalue weighted by molar-refractivity contribution is 7.99. The maximum atomic E-state index is 11.7. The molecule has 0 aromatic carbocycles. The first-order chi connectivity index (χ1) is 11.5. The van der Waals surface area contributed by atoms with Gasteiger partial charge in [0.1, 0.15) is 12.7 Å². The van der Waals surface area contributed by atoms with Gasteiger partial charge in [-0.05, 0) is 24.7 Å². The van der Waals surface area contributed by atoms with Crippen LogP contribution in [0.25, 0.3) is 0 Å². The van der Waals surface area contributed by atoms with Crippen LogP contribution in [-0.2, 0) is 19.1 Å². The third-order valence-electron chi connectivity index (χ3n) is 4.56. The zero-order chi connectivity index (χ0) is 17.3. The molecule has 0 spiro atoms. The Kier molecular flexibility index (Phi) is 5.05. The monoisotopic (exact) mass is 356 g/mol. The average Bonchev–Trinajstić information content (AvgIpc) is 3.24. The minimum atomic E-state index is -1.43. The smallest absolute Gasteiger partial charge is 0.377 e. The molecule has 3 aliphatic rings. The highest BCUT2D eigenvalue weighted by Crippen LogP contribution is 2.45. The summed E-state index contributed by atoms with van der Waals surface area (Å²) in [7, 11) is 0. The van der Waals surface area contributed by atoms with Gasteiger partial charge in [-0.3, -0.25) is 4.79 Å². The minimum absolute atomic E-state index is 0.229. The van der Waals surface area contributed by atoms with Gasteiger partial charge in [0.2, 0.25) is 5.76 Å². The van der Waals surface area contributed by atoms with Crippen molar-refractivity contribution in [2.45, 2.75) is 36.7 Å². The van der Waals surface area contributed by atoms with Gasteiger partial charge in [0, 0.05) is 11.0 Å². The van der Waals surface area contributed by atoms with Crippen molar-refractivity contribution in [2.24, 2.45) is 11.8 Å². The molecule has 4 unspecified atom stereocenters. The van der Waals surface area contributed by atoms with E-state index in [0.717, 1.165) is 0 Å². The SMILES string of the molecule is O=C(CCSC1CC2C=CC1C2)OCC(O)[C@H]1OC(=O)C(O)=C1O. The van der Waals surface area contributed by atoms with Crippen LogP contribution in [0.2, 0.25) is 0 Å². The van der Waals surface area contributed by atoms with Gasteiger partial charge in [0.25, 0.3) is 0 Å². The highest BCUT2D eigenvalue weighted by Gasteiger charge is 2.40. The molecular formula is C16H20O7S. The molecule has 1 aliphatic heterocycles. The Morgan fingerprint density at radius 2 is 2.17 bits per heavy atom. The molecule has 5 atom stereocenters. The fourth-order valence-corrected chi connectivity index (χ4v) is 4.70. The summed E-state index contributed by atoms with van der Waals surface area (Å²) in [6.45, 7) is -0.421. The van der Waals surface area contributed by atoms with Crippen LogP contribution < -0.4 is 0 Å². The van der Waals surface area contributed by atoms with Crippen molar-refractivity contribution in [1.29, 1.82) is 0 Å². The van der Waals surface area contributed by atoms with Crippen LogP contribution in [0.3, 0.4) is 0 Å². The van der Waals surface area contributed by atoms with Gasteiger partial charge in [-0.15, -0.1) is 0 Å². The third kappa shape index (κ3) is 3.54. The molecule has 2 bridgehead atoms. The molecule has 3 rings (SSSR count). The zero-order valence-corrected chi connectivity index (χ0v) is 13.8. The van der Waals surface area contributed by atoms with Crippen LogP contribution in [0.4, 0.5) is 0 Å². The standard InChI is InChI=1S/C16H20O7S/c17-10(15-13(19)14(20)16(21)23-15)7-22-12(18)3-4-24-11-6-8-1-2-9(11)5-8/h1-2,8-11,15,17,19-20H,3-7H2/t8?,9?,10?,11?,15-/m1/s1. The lowest BCUT2D eigenvalue weighted by molar-refractivity contribution is -0.154. The van der Waals surface area contributed by atoms with Crippen LogP contribution in [0.5, 0.6) is 0 Å². The Labute approximate surface area is 143 Å². The summed E-state index contributed by atoms with van der Waals surface area (Å²) in [5, 5.41) is 29.0. The molecule has 132 valence electrons. The van der Waals surface area contributed by atoms with E-state index in [2.05, 4.69) is 16.9 Å². The van der Waals surface area contributed by atoms with E-state index in [1.807, 2.05) is 0 Å². The predicted octanol–water partition coefficient (Wildman–Crippen LogP) is 1.23. The van der Waals surface area contributed by atoms with Crippen molar-refractivity contribution in [2.75, 3.05) is 12.4 Å². The molecule has 0 aromatic heterocycles. The minimum Gasteiger partial charge on any atom is -0.505 e. The number of carbonyl (C=O) groups is 2. The van der Waals surface area contributed by atoms with E-state index in [-0.39, 0.29) is 6.42 Å². The predicted molar refractivity (Wildman–Crippen MR) is 85.3 cm³/mol. The fraction of sp³-hybridized carbons (Fsp3) is 0.625. The summed E-state index contributed by atoms with van der Waals surface area (Å²) in [6.07, 6.45) is 4.33. The molecule has 0 saturated heterocycles. The number of allylic oxidation sites excluding steroid dienone is 2. The number of aliphatic hydroxyl groups excluding tert-OH is 3. The van der Waals surface area contributed by atoms with Crippen LogP contribution >= 0.6 is 11.8 Å². The summed E-state index contributed by atoms with van der Waals surface area (Å²) in [6, 6.07) is 0. The molecule has 8 heteroatoms. The molecule has 2 aliphatic carbocycles. The van der Waals surface area contributed by atoms with E-state index >= 15 is 0 Å². The zero-order valence-electron chi connectivity index (χ0n) is 13.0. The number of thioether (sulfide) groups is 1. The molecule has 1 fully saturated rings. The second kappa shape index (κ2) is 7.06. The second-order valence-corrected chi connectivity index (χ2v) is 7.60. The normalized spacial score (nSPS) is 32.3. The van der Waals surface area contributed by atoms with Crippen LogP contribution in [0.15, 0.2) is 23.7 Å². The first-order valence-electron chi connectivity index (χ1n) is 7.92. The summed E-state index contributed by atoms with van der Waals surface area (Å²) in [5.41, 5.74) is 0. The van der Waals surface area contributed by atoms with Crippen molar-refractivity contribution < 1.29 is 34.4 Å². The summed E-state index contributed by atoms with van der Waals surface area (Å²) in [4.78, 5) is 22.8. The largest absolute Gasteiger partial charge is 0.505 e. The molecule has 7 nitrogen and oxygen atoms in total. The van der Waals surface area contributed by atoms with Gasteiger partial charge >= 0.3 is 11.9 Å². The van der Waals surface area contributed by atoms with Crippen molar-refractivity contribution in [3.63, 3.8) is 0 Å². The number of cyclic esters (lactones) is 1. The van der Waals surface area contributed by atoms with Gasteiger partial charge in [-0.25, -0.2) is 4.79 Å². The number of aliphatic hydroxyl groups is 3. The molecule has 24 heavy (non-hydrogen) atoms. The average molecular weight is 356 g/mol. The van der Waals surface area contributed by atoms with E-state index in [4.69, 9.17) is 9.84 Å². The van der Waals surface area contributed by atoms with Crippen molar-refractivity contribution in [3.05, 3.63) is 23.7 Å². The first kappa shape index (κ1) is 17.2. The third-order valence-corrected chi connectivity index (χ3v) is 5.97. The lowest BCUT2D eigenvalue weighted by Crippen LogP contribution is -2.33. The van der Waals surface area contributed by atoms with Crippen molar-refractivity contribution in [1.82, 2.24) is 0 Å². The number of hydrogen-bond donors (Lipinski definition) is 3. The number of fused-ring (bicyclic) bond motifs is 2. The fourth-order valence-electron chi connectivity index (χ4n) is 3.28. The van der Waals surface area contributed by atoms with Crippen LogP contribution in [-0.4, -0.2) is 57.1 Å². The van der Waals surface area contributed by atoms with E-state index in [0.29, 0.717) is 22.8 Å². The lowest BCUT2D eigenvalue weighted by atomic mass is 10.1. The summed E-state index contributed by atoms with van der Waals surface area (Å²) >= 11 is 1.77. The Hall–Kier alpha value is -1.67. The van der Waals surface area contributed by atoms with E-state index in [1.54, 1.807) is 11.8 Å². The second-order valence-electron chi connectivity index (χ2n) is 6.25. The number of hydrogen-bond acceptors (Lipinski definition) is 8. The highest BCUT2D eigenvalue weighted by atomic mass is 32.2. The number of esters is 2. The van der Waals surface area contributed by atoms with Gasteiger partial charge < -0.3 is 24.8 Å². The number of ether oxygens (including phenoxy) is 2. The number of carbonyl (C=O) groups excluding carboxylic acids is 2. The molecular weight excluding hydrogens is 336 g/mol. The van der Waals surface area contributed by atoms with E-state index in [9.17, 15) is 19.8 Å². The lowest BCUT2D eigenvalue weighted by Gasteiger charge is -2.18. The van der Waals surface area contributed by atoms with Gasteiger partial charge in [0.15, 0.2) is 11.9 Å². The van der Waals surface area contributed by atoms with Gasteiger partial charge in [0.05, 0.1) is 6.42 Å². The molecule has 3 N–H and O–H groups in total. The quantitative estimate of drug-likeness (QED) is 0.461. The Balaban J connectivity index is 1.34. The Morgan fingerprint density at radius 3 is 2.75 bits per heavy atom. The molecule has 0 amide bonds. The first-order valence-corrected chi connectivity index (χ1v) is 8.97. The van der Waals surface area contributed by atoms with Crippen molar-refractivity contribution in [3.8, 4) is 0 Å². The Morgan fingerprint density at radius 1 is 1.38 bits per heavy atom. The van der Waals surface area contributed by atoms with Crippen molar-refractivity contribution >= 4 is 23.7 Å². The van der Waals surface area contributed by atoms with Crippen LogP contribution in [0.1, 0.15) is 19.3 Å². The van der Waals surface area contributed by atoms with E-state index < -0.39 is 42.3 Å². The van der Waals surface area contributed by atoms with Gasteiger partial charge in [-0.1, -0.05) is 12.2 Å². The summed E-state index contributed by atoms with van der Waals surface area (Å²) in [5.74, 6) is -1.28. The van der Waals surface area contributed by atoms with Gasteiger partial charge in [-0.2, -0.15) is 11.8 Å². The molecule has 1 saturated carbocycles.